The summed E-state index contributed by atoms with van der Waals surface area (Å²) in [6, 6.07) is 5.08. The van der Waals surface area contributed by atoms with Gasteiger partial charge in [-0.25, -0.2) is 0 Å². The SMILES string of the molecule is Cc1cc2ccc([N+](=O)[O-])c(C)c2o1. The summed E-state index contributed by atoms with van der Waals surface area (Å²) in [5.41, 5.74) is 1.30. The zero-order valence-electron chi connectivity index (χ0n) is 7.90. The molecule has 1 heterocycles. The highest BCUT2D eigenvalue weighted by Gasteiger charge is 2.15. The largest absolute Gasteiger partial charge is 0.461 e. The molecule has 0 spiro atoms. The summed E-state index contributed by atoms with van der Waals surface area (Å²) < 4.78 is 5.39. The predicted molar refractivity (Wildman–Crippen MR) is 52.3 cm³/mol. The van der Waals surface area contributed by atoms with E-state index in [1.165, 1.54) is 6.07 Å². The third-order valence-electron chi connectivity index (χ3n) is 2.23. The predicted octanol–water partition coefficient (Wildman–Crippen LogP) is 2.96. The number of hydrogen-bond acceptors (Lipinski definition) is 3. The molecule has 4 heteroatoms. The average Bonchev–Trinajstić information content (AvgIpc) is 2.46. The standard InChI is InChI=1S/C10H9NO3/c1-6-5-8-3-4-9(11(12)13)7(2)10(8)14-6/h3-5H,1-2H3. The van der Waals surface area contributed by atoms with Gasteiger partial charge < -0.3 is 4.42 Å². The highest BCUT2D eigenvalue weighted by molar-refractivity contribution is 5.84. The molecule has 0 saturated carbocycles. The van der Waals surface area contributed by atoms with Crippen LogP contribution in [-0.2, 0) is 0 Å². The second-order valence-electron chi connectivity index (χ2n) is 3.24. The van der Waals surface area contributed by atoms with Crippen molar-refractivity contribution >= 4 is 16.7 Å². The molecule has 2 aromatic rings. The van der Waals surface area contributed by atoms with Crippen LogP contribution in [0.15, 0.2) is 22.6 Å². The monoisotopic (exact) mass is 191 g/mol. The Balaban J connectivity index is 2.80. The molecule has 0 fully saturated rings. The van der Waals surface area contributed by atoms with Gasteiger partial charge in [-0.3, -0.25) is 10.1 Å². The van der Waals surface area contributed by atoms with Gasteiger partial charge in [-0.1, -0.05) is 0 Å². The van der Waals surface area contributed by atoms with Gasteiger partial charge in [-0.2, -0.15) is 0 Å². The first-order valence-electron chi connectivity index (χ1n) is 4.24. The molecular formula is C10H9NO3. The minimum Gasteiger partial charge on any atom is -0.461 e. The molecule has 0 saturated heterocycles. The molecule has 72 valence electrons. The summed E-state index contributed by atoms with van der Waals surface area (Å²) in [6.45, 7) is 3.52. The molecule has 0 amide bonds. The van der Waals surface area contributed by atoms with Crippen LogP contribution in [0, 0.1) is 24.0 Å². The van der Waals surface area contributed by atoms with Crippen LogP contribution in [0.2, 0.25) is 0 Å². The van der Waals surface area contributed by atoms with Gasteiger partial charge in [0.05, 0.1) is 10.5 Å². The van der Waals surface area contributed by atoms with Gasteiger partial charge in [-0.15, -0.1) is 0 Å². The minimum atomic E-state index is -0.396. The Bertz CT molecular complexity index is 513. The Morgan fingerprint density at radius 1 is 1.36 bits per heavy atom. The molecule has 0 aliphatic rings. The van der Waals surface area contributed by atoms with Crippen molar-refractivity contribution in [3.63, 3.8) is 0 Å². The van der Waals surface area contributed by atoms with Crippen molar-refractivity contribution < 1.29 is 9.34 Å². The summed E-state index contributed by atoms with van der Waals surface area (Å²) in [6.07, 6.45) is 0. The molecule has 0 N–H and O–H groups in total. The van der Waals surface area contributed by atoms with Crippen LogP contribution < -0.4 is 0 Å². The fourth-order valence-electron chi connectivity index (χ4n) is 1.56. The van der Waals surface area contributed by atoms with Crippen molar-refractivity contribution in [3.8, 4) is 0 Å². The smallest absolute Gasteiger partial charge is 0.276 e. The molecule has 0 aliphatic heterocycles. The van der Waals surface area contributed by atoms with E-state index in [4.69, 9.17) is 4.42 Å². The lowest BCUT2D eigenvalue weighted by atomic mass is 10.1. The quantitative estimate of drug-likeness (QED) is 0.514. The van der Waals surface area contributed by atoms with E-state index in [0.29, 0.717) is 11.1 Å². The topological polar surface area (TPSA) is 56.3 Å². The zero-order valence-corrected chi connectivity index (χ0v) is 7.90. The number of aryl methyl sites for hydroxylation is 2. The minimum absolute atomic E-state index is 0.104. The Morgan fingerprint density at radius 3 is 2.71 bits per heavy atom. The maximum Gasteiger partial charge on any atom is 0.276 e. The molecule has 2 rings (SSSR count). The second kappa shape index (κ2) is 2.83. The number of nitro groups is 1. The summed E-state index contributed by atoms with van der Waals surface area (Å²) in [7, 11) is 0. The highest BCUT2D eigenvalue weighted by Crippen LogP contribution is 2.28. The first-order chi connectivity index (χ1) is 6.59. The Labute approximate surface area is 80.3 Å². The number of hydrogen-bond donors (Lipinski definition) is 0. The Morgan fingerprint density at radius 2 is 2.07 bits per heavy atom. The number of nitrogens with zero attached hydrogens (tertiary/aromatic N) is 1. The first-order valence-corrected chi connectivity index (χ1v) is 4.24. The number of benzene rings is 1. The highest BCUT2D eigenvalue weighted by atomic mass is 16.6. The number of fused-ring (bicyclic) bond motifs is 1. The van der Waals surface area contributed by atoms with Crippen LogP contribution >= 0.6 is 0 Å². The van der Waals surface area contributed by atoms with E-state index in [1.807, 2.05) is 13.0 Å². The van der Waals surface area contributed by atoms with Gasteiger partial charge in [0.2, 0.25) is 0 Å². The molecule has 0 aliphatic carbocycles. The lowest BCUT2D eigenvalue weighted by Gasteiger charge is -1.96. The maximum absolute atomic E-state index is 10.6. The third kappa shape index (κ3) is 1.16. The third-order valence-corrected chi connectivity index (χ3v) is 2.23. The Kier molecular flexibility index (Phi) is 1.77. The molecule has 0 atom stereocenters. The van der Waals surface area contributed by atoms with Crippen LogP contribution in [0.25, 0.3) is 11.0 Å². The van der Waals surface area contributed by atoms with E-state index in [2.05, 4.69) is 0 Å². The number of furan rings is 1. The normalized spacial score (nSPS) is 10.7. The first kappa shape index (κ1) is 8.74. The summed E-state index contributed by atoms with van der Waals surface area (Å²) in [4.78, 5) is 10.2. The van der Waals surface area contributed by atoms with Crippen molar-refractivity contribution in [1.29, 1.82) is 0 Å². The fraction of sp³-hybridized carbons (Fsp3) is 0.200. The maximum atomic E-state index is 10.6. The van der Waals surface area contributed by atoms with E-state index >= 15 is 0 Å². The molecule has 0 bridgehead atoms. The van der Waals surface area contributed by atoms with Crippen molar-refractivity contribution in [3.05, 3.63) is 39.6 Å². The molecule has 1 aromatic heterocycles. The molecule has 0 unspecified atom stereocenters. The van der Waals surface area contributed by atoms with Crippen molar-refractivity contribution in [2.75, 3.05) is 0 Å². The van der Waals surface area contributed by atoms with Gasteiger partial charge in [0.25, 0.3) is 5.69 Å². The van der Waals surface area contributed by atoms with E-state index in [9.17, 15) is 10.1 Å². The van der Waals surface area contributed by atoms with Gasteiger partial charge in [0.15, 0.2) is 0 Å². The molecule has 0 radical (unpaired) electrons. The van der Waals surface area contributed by atoms with E-state index < -0.39 is 4.92 Å². The van der Waals surface area contributed by atoms with Gasteiger partial charge in [-0.05, 0) is 26.0 Å². The van der Waals surface area contributed by atoms with Crippen molar-refractivity contribution in [1.82, 2.24) is 0 Å². The van der Waals surface area contributed by atoms with Crippen LogP contribution in [0.3, 0.4) is 0 Å². The number of nitro benzene ring substituents is 1. The van der Waals surface area contributed by atoms with E-state index in [-0.39, 0.29) is 5.69 Å². The zero-order chi connectivity index (χ0) is 10.3. The van der Waals surface area contributed by atoms with Crippen molar-refractivity contribution in [2.45, 2.75) is 13.8 Å². The molecule has 1 aromatic carbocycles. The van der Waals surface area contributed by atoms with Gasteiger partial charge in [0.1, 0.15) is 11.3 Å². The van der Waals surface area contributed by atoms with Crippen LogP contribution in [0.5, 0.6) is 0 Å². The van der Waals surface area contributed by atoms with E-state index in [1.54, 1.807) is 13.0 Å². The summed E-state index contributed by atoms with van der Waals surface area (Å²) in [5, 5.41) is 11.5. The summed E-state index contributed by atoms with van der Waals surface area (Å²) >= 11 is 0. The van der Waals surface area contributed by atoms with Crippen LogP contribution in [0.1, 0.15) is 11.3 Å². The van der Waals surface area contributed by atoms with Crippen molar-refractivity contribution in [2.24, 2.45) is 0 Å². The average molecular weight is 191 g/mol. The lowest BCUT2D eigenvalue weighted by molar-refractivity contribution is -0.385. The molecule has 4 nitrogen and oxygen atoms in total. The Hall–Kier alpha value is -1.84. The summed E-state index contributed by atoms with van der Waals surface area (Å²) in [5.74, 6) is 0.767. The lowest BCUT2D eigenvalue weighted by Crippen LogP contribution is -1.90. The second-order valence-corrected chi connectivity index (χ2v) is 3.24. The number of rotatable bonds is 1. The molecule has 14 heavy (non-hydrogen) atoms. The van der Waals surface area contributed by atoms with E-state index in [0.717, 1.165) is 11.1 Å². The fourth-order valence-corrected chi connectivity index (χ4v) is 1.56. The van der Waals surface area contributed by atoms with Crippen LogP contribution in [-0.4, -0.2) is 4.92 Å². The van der Waals surface area contributed by atoms with Crippen LogP contribution in [0.4, 0.5) is 5.69 Å². The van der Waals surface area contributed by atoms with Gasteiger partial charge >= 0.3 is 0 Å². The van der Waals surface area contributed by atoms with Gasteiger partial charge in [0, 0.05) is 11.5 Å². The molecular weight excluding hydrogens is 182 g/mol.